The van der Waals surface area contributed by atoms with Gasteiger partial charge in [-0.25, -0.2) is 0 Å². The summed E-state index contributed by atoms with van der Waals surface area (Å²) in [6, 6.07) is 16.9. The van der Waals surface area contributed by atoms with Gasteiger partial charge in [-0.05, 0) is 24.6 Å². The highest BCUT2D eigenvalue weighted by Gasteiger charge is 2.40. The van der Waals surface area contributed by atoms with Gasteiger partial charge in [-0.1, -0.05) is 75.6 Å². The Bertz CT molecular complexity index is 1330. The van der Waals surface area contributed by atoms with Crippen LogP contribution in [0, 0.1) is 0 Å². The lowest BCUT2D eigenvalue weighted by atomic mass is 10.0. The van der Waals surface area contributed by atoms with Crippen LogP contribution in [-0.2, 0) is 20.7 Å². The molecule has 3 aromatic rings. The van der Waals surface area contributed by atoms with E-state index >= 15 is 0 Å². The molecule has 0 radical (unpaired) electrons. The largest absolute Gasteiger partial charge is 1.00 e. The molecule has 0 saturated heterocycles. The first-order valence-electron chi connectivity index (χ1n) is 14.5. The maximum absolute atomic E-state index is 13.4. The third kappa shape index (κ3) is 9.08. The zero-order valence-corrected chi connectivity index (χ0v) is 27.6. The molecule has 0 fully saturated rings. The number of hydrogen-bond donors (Lipinski definition) is 0. The maximum atomic E-state index is 13.4. The SMILES string of the molecule is CCCCCCOc1nsnc1C1=CCC[N+](C)(C(OC(=O)Cc2ccccc2OC(=O)CC)c2ccccc2)C1.[I-]. The molecule has 1 aliphatic heterocycles. The number of benzene rings is 2. The number of likely N-dealkylation sites (N-methyl/N-ethyl adjacent to an activating group) is 1. The number of rotatable bonds is 14. The third-order valence-corrected chi connectivity index (χ3v) is 7.79. The van der Waals surface area contributed by atoms with Crippen LogP contribution in [0.25, 0.3) is 5.57 Å². The quantitative estimate of drug-likeness (QED) is 0.0835. The minimum atomic E-state index is -0.539. The predicted molar refractivity (Wildman–Crippen MR) is 159 cm³/mol. The zero-order chi connectivity index (χ0) is 29.1. The normalized spacial score (nSPS) is 17.0. The monoisotopic (exact) mass is 705 g/mol. The summed E-state index contributed by atoms with van der Waals surface area (Å²) in [6.45, 7) is 5.94. The Kier molecular flexibility index (Phi) is 13.4. The van der Waals surface area contributed by atoms with Crippen LogP contribution < -0.4 is 33.5 Å². The van der Waals surface area contributed by atoms with E-state index in [1.807, 2.05) is 36.4 Å². The van der Waals surface area contributed by atoms with Crippen molar-refractivity contribution in [2.45, 2.75) is 65.0 Å². The first kappa shape index (κ1) is 33.7. The Balaban J connectivity index is 0.00000484. The minimum absolute atomic E-state index is 0. The first-order chi connectivity index (χ1) is 19.9. The Morgan fingerprint density at radius 3 is 2.50 bits per heavy atom. The van der Waals surface area contributed by atoms with Crippen molar-refractivity contribution in [1.29, 1.82) is 0 Å². The number of ether oxygens (including phenoxy) is 3. The van der Waals surface area contributed by atoms with Crippen LogP contribution in [0.5, 0.6) is 11.6 Å². The van der Waals surface area contributed by atoms with Gasteiger partial charge in [0, 0.05) is 24.0 Å². The number of unbranched alkanes of at least 4 members (excludes halogenated alkanes) is 3. The van der Waals surface area contributed by atoms with Gasteiger partial charge >= 0.3 is 11.9 Å². The van der Waals surface area contributed by atoms with Crippen molar-refractivity contribution in [3.05, 3.63) is 77.5 Å². The highest BCUT2D eigenvalue weighted by Crippen LogP contribution is 2.37. The lowest BCUT2D eigenvalue weighted by molar-refractivity contribution is -0.953. The molecule has 8 nitrogen and oxygen atoms in total. The molecule has 2 unspecified atom stereocenters. The third-order valence-electron chi connectivity index (χ3n) is 7.28. The molecule has 226 valence electrons. The minimum Gasteiger partial charge on any atom is -1.00 e. The summed E-state index contributed by atoms with van der Waals surface area (Å²) in [5.41, 5.74) is 3.35. The van der Waals surface area contributed by atoms with Gasteiger partial charge in [-0.3, -0.25) is 14.1 Å². The number of para-hydroxylation sites is 1. The van der Waals surface area contributed by atoms with Crippen LogP contribution in [0.3, 0.4) is 0 Å². The van der Waals surface area contributed by atoms with Crippen molar-refractivity contribution in [2.24, 2.45) is 0 Å². The van der Waals surface area contributed by atoms with Crippen LogP contribution >= 0.6 is 11.7 Å². The molecule has 0 spiro atoms. The number of esters is 2. The second-order valence-corrected chi connectivity index (χ2v) is 11.1. The second-order valence-electron chi connectivity index (χ2n) is 10.6. The molecule has 4 rings (SSSR count). The van der Waals surface area contributed by atoms with Crippen LogP contribution in [0.2, 0.25) is 0 Å². The van der Waals surface area contributed by atoms with Crippen LogP contribution in [0.15, 0.2) is 60.7 Å². The van der Waals surface area contributed by atoms with Gasteiger partial charge in [0.15, 0.2) is 0 Å². The molecule has 0 amide bonds. The molecule has 0 N–H and O–H groups in total. The van der Waals surface area contributed by atoms with Gasteiger partial charge in [0.25, 0.3) is 12.1 Å². The molecule has 2 atom stereocenters. The fourth-order valence-corrected chi connectivity index (χ4v) is 5.58. The first-order valence-corrected chi connectivity index (χ1v) is 15.2. The van der Waals surface area contributed by atoms with Crippen LogP contribution in [0.1, 0.15) is 75.4 Å². The van der Waals surface area contributed by atoms with E-state index in [0.717, 1.165) is 54.4 Å². The van der Waals surface area contributed by atoms with E-state index in [1.165, 1.54) is 12.8 Å². The summed E-state index contributed by atoms with van der Waals surface area (Å²) >= 11 is 1.16. The molecule has 1 aromatic heterocycles. The zero-order valence-electron chi connectivity index (χ0n) is 24.6. The van der Waals surface area contributed by atoms with Crippen LogP contribution in [-0.4, -0.2) is 51.9 Å². The number of carbonyl (C=O) groups excluding carboxylic acids is 2. The van der Waals surface area contributed by atoms with E-state index in [4.69, 9.17) is 14.2 Å². The van der Waals surface area contributed by atoms with Crippen molar-refractivity contribution in [3.63, 3.8) is 0 Å². The molecule has 10 heteroatoms. The number of nitrogens with zero attached hydrogens (tertiary/aromatic N) is 3. The Morgan fingerprint density at radius 2 is 1.74 bits per heavy atom. The van der Waals surface area contributed by atoms with E-state index in [2.05, 4.69) is 28.8 Å². The highest BCUT2D eigenvalue weighted by atomic mass is 127. The molecule has 0 bridgehead atoms. The van der Waals surface area contributed by atoms with Gasteiger partial charge in [0.2, 0.25) is 0 Å². The van der Waals surface area contributed by atoms with E-state index in [-0.39, 0.29) is 48.8 Å². The fraction of sp³-hybridized carbons (Fsp3) is 0.438. The molecule has 0 saturated carbocycles. The Hall–Kier alpha value is -2.83. The number of halogens is 1. The van der Waals surface area contributed by atoms with Crippen molar-refractivity contribution in [3.8, 4) is 11.6 Å². The van der Waals surface area contributed by atoms with E-state index in [1.54, 1.807) is 25.1 Å². The average molecular weight is 706 g/mol. The number of quaternary nitrogens is 1. The van der Waals surface area contributed by atoms with Crippen molar-refractivity contribution in [1.82, 2.24) is 8.75 Å². The molecule has 42 heavy (non-hydrogen) atoms. The van der Waals surface area contributed by atoms with Crippen molar-refractivity contribution >= 4 is 29.2 Å². The van der Waals surface area contributed by atoms with Crippen LogP contribution in [0.4, 0.5) is 0 Å². The predicted octanol–water partition coefficient (Wildman–Crippen LogP) is 3.54. The topological polar surface area (TPSA) is 87.6 Å². The maximum Gasteiger partial charge on any atom is 0.315 e. The van der Waals surface area contributed by atoms with Gasteiger partial charge in [-0.2, -0.15) is 4.37 Å². The summed E-state index contributed by atoms with van der Waals surface area (Å²) < 4.78 is 27.2. The fourth-order valence-electron chi connectivity index (χ4n) is 5.05. The highest BCUT2D eigenvalue weighted by molar-refractivity contribution is 6.99. The smallest absolute Gasteiger partial charge is 0.315 e. The molecular weight excluding hydrogens is 665 g/mol. The molecule has 2 heterocycles. The average Bonchev–Trinajstić information content (AvgIpc) is 3.46. The standard InChI is InChI=1S/C32H40N3O5S.HI/c1-4-6-7-13-21-38-31-30(33-41-34-31)26-18-14-20-35(3,23-26)32(24-15-9-8-10-16-24)40-29(37)22-25-17-11-12-19-27(25)39-28(36)5-2;/h8-12,15-19,32H,4-7,13-14,20-23H2,1-3H3;1H/q+1;/p-1. The van der Waals surface area contributed by atoms with E-state index < -0.39 is 6.23 Å². The summed E-state index contributed by atoms with van der Waals surface area (Å²) in [6.07, 6.45) is 7.20. The molecule has 1 aliphatic rings. The second kappa shape index (κ2) is 16.7. The summed E-state index contributed by atoms with van der Waals surface area (Å²) in [5, 5.41) is 0. The number of aromatic nitrogens is 2. The molecule has 0 aliphatic carbocycles. The van der Waals surface area contributed by atoms with Gasteiger partial charge in [0.1, 0.15) is 18.0 Å². The summed E-state index contributed by atoms with van der Waals surface area (Å²) in [7, 11) is 2.11. The Morgan fingerprint density at radius 1 is 0.976 bits per heavy atom. The molecular formula is C32H40IN3O5S. The lowest BCUT2D eigenvalue weighted by Crippen LogP contribution is -3.00. The van der Waals surface area contributed by atoms with Crippen molar-refractivity contribution in [2.75, 3.05) is 26.7 Å². The van der Waals surface area contributed by atoms with E-state index in [0.29, 0.717) is 34.8 Å². The van der Waals surface area contributed by atoms with Crippen molar-refractivity contribution < 1.29 is 52.3 Å². The van der Waals surface area contributed by atoms with Gasteiger partial charge in [-0.15, -0.1) is 4.37 Å². The number of hydrogen-bond acceptors (Lipinski definition) is 8. The van der Waals surface area contributed by atoms with E-state index in [9.17, 15) is 9.59 Å². The molecule has 2 aromatic carbocycles. The lowest BCUT2D eigenvalue weighted by Gasteiger charge is -2.42. The van der Waals surface area contributed by atoms with Gasteiger partial charge < -0.3 is 38.2 Å². The summed E-state index contributed by atoms with van der Waals surface area (Å²) in [4.78, 5) is 25.3. The Labute approximate surface area is 270 Å². The summed E-state index contributed by atoms with van der Waals surface area (Å²) in [5.74, 6) is 0.229. The number of carbonyl (C=O) groups is 2. The van der Waals surface area contributed by atoms with Gasteiger partial charge in [0.05, 0.1) is 43.9 Å².